The van der Waals surface area contributed by atoms with Crippen LogP contribution in [0.5, 0.6) is 0 Å². The molecule has 1 aliphatic rings. The molecule has 0 spiro atoms. The molecule has 162 valence electrons. The monoisotopic (exact) mass is 472 g/mol. The van der Waals surface area contributed by atoms with Crippen molar-refractivity contribution in [1.82, 2.24) is 9.80 Å². The Morgan fingerprint density at radius 1 is 1.31 bits per heavy atom. The van der Waals surface area contributed by atoms with Crippen LogP contribution in [0.3, 0.4) is 0 Å². The molecular weight excluding hydrogens is 439 g/mol. The molecule has 29 heavy (non-hydrogen) atoms. The van der Waals surface area contributed by atoms with Gasteiger partial charge in [0.1, 0.15) is 0 Å². The Bertz CT molecular complexity index is 705. The molecule has 0 aromatic heterocycles. The van der Waals surface area contributed by atoms with Crippen molar-refractivity contribution in [2.75, 3.05) is 20.3 Å². The van der Waals surface area contributed by atoms with Gasteiger partial charge in [-0.15, -0.1) is 0 Å². The van der Waals surface area contributed by atoms with E-state index in [0.717, 1.165) is 4.46 Å². The van der Waals surface area contributed by atoms with E-state index in [1.165, 1.54) is 0 Å². The number of carbonyl (C=O) groups is 2. The summed E-state index contributed by atoms with van der Waals surface area (Å²) in [6.45, 7) is 11.6. The van der Waals surface area contributed by atoms with Crippen molar-refractivity contribution in [2.24, 2.45) is 0 Å². The topological polar surface area (TPSA) is 68.3 Å². The van der Waals surface area contributed by atoms with Gasteiger partial charge in [0.05, 0.1) is 0 Å². The fourth-order valence-electron chi connectivity index (χ4n) is 3.09. The Morgan fingerprint density at radius 3 is 2.48 bits per heavy atom. The zero-order chi connectivity index (χ0) is 21.8. The van der Waals surface area contributed by atoms with Crippen molar-refractivity contribution >= 4 is 31.6 Å². The summed E-state index contributed by atoms with van der Waals surface area (Å²) in [5.41, 5.74) is -1.47. The van der Waals surface area contributed by atoms with E-state index in [4.69, 9.17) is 14.2 Å². The maximum atomic E-state index is 13.1. The Balaban J connectivity index is 2.38. The van der Waals surface area contributed by atoms with E-state index in [1.807, 2.05) is 65.0 Å². The first-order valence-corrected chi connectivity index (χ1v) is 11.6. The van der Waals surface area contributed by atoms with Crippen LogP contribution < -0.4 is 4.46 Å². The fourth-order valence-corrected chi connectivity index (χ4v) is 5.60. The molecule has 1 fully saturated rings. The average molecular weight is 471 g/mol. The summed E-state index contributed by atoms with van der Waals surface area (Å²) in [7, 11) is 1.71. The van der Waals surface area contributed by atoms with E-state index in [0.29, 0.717) is 6.61 Å². The molecule has 0 aliphatic carbocycles. The molecule has 1 saturated heterocycles. The number of nitrogens with zero attached hydrogens (tertiary/aromatic N) is 2. The van der Waals surface area contributed by atoms with Gasteiger partial charge in [0.2, 0.25) is 0 Å². The van der Waals surface area contributed by atoms with Gasteiger partial charge in [-0.1, -0.05) is 0 Å². The van der Waals surface area contributed by atoms with Crippen molar-refractivity contribution in [3.8, 4) is 0 Å². The number of hydrogen-bond acceptors (Lipinski definition) is 5. The molecule has 1 aliphatic heterocycles. The predicted octanol–water partition coefficient (Wildman–Crippen LogP) is 2.80. The molecule has 2 rings (SSSR count). The van der Waals surface area contributed by atoms with E-state index >= 15 is 0 Å². The van der Waals surface area contributed by atoms with Crippen LogP contribution >= 0.6 is 0 Å². The third-order valence-corrected chi connectivity index (χ3v) is 7.35. The van der Waals surface area contributed by atoms with Crippen molar-refractivity contribution in [2.45, 2.75) is 63.9 Å². The van der Waals surface area contributed by atoms with Gasteiger partial charge in [0.25, 0.3) is 0 Å². The van der Waals surface area contributed by atoms with E-state index < -0.39 is 23.5 Å². The van der Waals surface area contributed by atoms with Gasteiger partial charge in [-0.25, -0.2) is 0 Å². The van der Waals surface area contributed by atoms with Crippen LogP contribution in [0.2, 0.25) is 0 Å². The molecule has 0 bridgehead atoms. The predicted molar refractivity (Wildman–Crippen MR) is 112 cm³/mol. The SMILES string of the molecule is CCOC(=O)N(C)[C@@H]([Se]c1ccccc1)[C@@H]1COC(C)(C)N1C(=O)OC(C)(C)C. The molecule has 0 unspecified atom stereocenters. The summed E-state index contributed by atoms with van der Waals surface area (Å²) in [5, 5.41) is 0. The van der Waals surface area contributed by atoms with E-state index in [9.17, 15) is 9.59 Å². The van der Waals surface area contributed by atoms with Gasteiger partial charge >= 0.3 is 180 Å². The Labute approximate surface area is 179 Å². The number of amides is 2. The van der Waals surface area contributed by atoms with Crippen molar-refractivity contribution in [1.29, 1.82) is 0 Å². The second-order valence-electron chi connectivity index (χ2n) is 8.31. The molecule has 0 N–H and O–H groups in total. The van der Waals surface area contributed by atoms with Gasteiger partial charge < -0.3 is 0 Å². The number of carbonyl (C=O) groups excluding carboxylic acids is 2. The molecule has 2 amide bonds. The molecule has 1 aromatic carbocycles. The summed E-state index contributed by atoms with van der Waals surface area (Å²) in [5.74, 6) is 0. The molecule has 1 heterocycles. The summed E-state index contributed by atoms with van der Waals surface area (Å²) < 4.78 is 18.0. The number of ether oxygens (including phenoxy) is 3. The normalized spacial score (nSPS) is 19.6. The first-order valence-electron chi connectivity index (χ1n) is 9.74. The fraction of sp³-hybridized carbons (Fsp3) is 0.619. The minimum atomic E-state index is -0.840. The second-order valence-corrected chi connectivity index (χ2v) is 10.8. The van der Waals surface area contributed by atoms with Crippen molar-refractivity contribution < 1.29 is 23.8 Å². The Hall–Kier alpha value is -1.76. The second kappa shape index (κ2) is 9.37. The standard InChI is InChI=1S/C21H32N2O5Se/c1-8-26-18(24)22(7)17(29-15-12-10-9-11-13-15)16-14-27-21(5,6)23(16)19(25)28-20(2,3)4/h9-13,16-17H,8,14H2,1-7H3/t16-,17-/m0/s1. The summed E-state index contributed by atoms with van der Waals surface area (Å²) >= 11 is -0.141. The van der Waals surface area contributed by atoms with Crippen LogP contribution in [0, 0.1) is 0 Å². The first kappa shape index (κ1) is 23.5. The van der Waals surface area contributed by atoms with E-state index in [2.05, 4.69) is 0 Å². The van der Waals surface area contributed by atoms with Crippen molar-refractivity contribution in [3.05, 3.63) is 30.3 Å². The Morgan fingerprint density at radius 2 is 1.93 bits per heavy atom. The molecule has 0 radical (unpaired) electrons. The van der Waals surface area contributed by atoms with E-state index in [-0.39, 0.29) is 32.5 Å². The maximum absolute atomic E-state index is 13.1. The van der Waals surface area contributed by atoms with Gasteiger partial charge in [-0.2, -0.15) is 0 Å². The van der Waals surface area contributed by atoms with Crippen LogP contribution in [0.1, 0.15) is 41.5 Å². The molecule has 2 atom stereocenters. The molecular formula is C21H32N2O5Se. The molecule has 8 heteroatoms. The first-order chi connectivity index (χ1) is 13.5. The van der Waals surface area contributed by atoms with Crippen LogP contribution in [0.4, 0.5) is 9.59 Å². The summed E-state index contributed by atoms with van der Waals surface area (Å²) in [4.78, 5) is 28.5. The number of likely N-dealkylation sites (N-methyl/N-ethyl adjacent to an activating group) is 1. The van der Waals surface area contributed by atoms with Crippen LogP contribution in [0.15, 0.2) is 30.3 Å². The third-order valence-electron chi connectivity index (χ3n) is 4.38. The van der Waals surface area contributed by atoms with Gasteiger partial charge in [-0.05, 0) is 0 Å². The molecule has 7 nitrogen and oxygen atoms in total. The Kier molecular flexibility index (Phi) is 7.60. The van der Waals surface area contributed by atoms with Crippen molar-refractivity contribution in [3.63, 3.8) is 0 Å². The average Bonchev–Trinajstić information content (AvgIpc) is 2.93. The van der Waals surface area contributed by atoms with Crippen LogP contribution in [-0.4, -0.2) is 79.5 Å². The molecule has 1 aromatic rings. The van der Waals surface area contributed by atoms with Gasteiger partial charge in [-0.3, -0.25) is 0 Å². The zero-order valence-electron chi connectivity index (χ0n) is 18.3. The summed E-state index contributed by atoms with van der Waals surface area (Å²) in [6.07, 6.45) is -0.861. The van der Waals surface area contributed by atoms with Crippen LogP contribution in [-0.2, 0) is 14.2 Å². The third kappa shape index (κ3) is 6.11. The number of rotatable bonds is 5. The zero-order valence-corrected chi connectivity index (χ0v) is 20.0. The number of hydrogen-bond donors (Lipinski definition) is 0. The quantitative estimate of drug-likeness (QED) is 0.618. The van der Waals surface area contributed by atoms with E-state index in [1.54, 1.807) is 23.8 Å². The summed E-state index contributed by atoms with van der Waals surface area (Å²) in [6, 6.07) is 9.61. The minimum absolute atomic E-state index is 0.141. The molecule has 0 saturated carbocycles. The van der Waals surface area contributed by atoms with Crippen LogP contribution in [0.25, 0.3) is 0 Å². The van der Waals surface area contributed by atoms with Gasteiger partial charge in [0.15, 0.2) is 0 Å². The number of benzene rings is 1. The van der Waals surface area contributed by atoms with Gasteiger partial charge in [0, 0.05) is 0 Å².